The Morgan fingerprint density at radius 1 is 1.14 bits per heavy atom. The van der Waals surface area contributed by atoms with Gasteiger partial charge in [-0.2, -0.15) is 18.4 Å². The lowest BCUT2D eigenvalue weighted by Crippen LogP contribution is -2.08. The molecule has 2 aromatic carbocycles. The first kappa shape index (κ1) is 15.4. The van der Waals surface area contributed by atoms with Crippen molar-refractivity contribution in [3.8, 4) is 6.07 Å². The van der Waals surface area contributed by atoms with E-state index in [2.05, 4.69) is 21.2 Å². The molecule has 0 unspecified atom stereocenters. The molecule has 0 fully saturated rings. The Balaban J connectivity index is 2.36. The molecule has 0 aromatic heterocycles. The third kappa shape index (κ3) is 3.56. The van der Waals surface area contributed by atoms with Crippen molar-refractivity contribution >= 4 is 27.3 Å². The average molecular weight is 355 g/mol. The van der Waals surface area contributed by atoms with Gasteiger partial charge in [0.15, 0.2) is 0 Å². The molecule has 21 heavy (non-hydrogen) atoms. The van der Waals surface area contributed by atoms with Gasteiger partial charge in [-0.3, -0.25) is 0 Å². The molecule has 108 valence electrons. The molecule has 2 aromatic rings. The topological polar surface area (TPSA) is 35.8 Å². The van der Waals surface area contributed by atoms with Crippen molar-refractivity contribution in [2.45, 2.75) is 13.1 Å². The predicted molar refractivity (Wildman–Crippen MR) is 78.3 cm³/mol. The lowest BCUT2D eigenvalue weighted by atomic mass is 10.1. The molecule has 0 saturated heterocycles. The van der Waals surface area contributed by atoms with E-state index in [0.717, 1.165) is 21.8 Å². The Kier molecular flexibility index (Phi) is 4.24. The number of hydrogen-bond acceptors (Lipinski definition) is 2. The highest BCUT2D eigenvalue weighted by molar-refractivity contribution is 9.10. The highest BCUT2D eigenvalue weighted by Gasteiger charge is 2.33. The first-order valence-electron chi connectivity index (χ1n) is 5.96. The van der Waals surface area contributed by atoms with Gasteiger partial charge in [-0.05, 0) is 48.9 Å². The second-order valence-electron chi connectivity index (χ2n) is 4.45. The van der Waals surface area contributed by atoms with Crippen LogP contribution in [0.4, 0.5) is 24.5 Å². The number of rotatable bonds is 2. The zero-order valence-electron chi connectivity index (χ0n) is 10.9. The van der Waals surface area contributed by atoms with Crippen LogP contribution in [0.1, 0.15) is 16.7 Å². The maximum Gasteiger partial charge on any atom is 0.417 e. The van der Waals surface area contributed by atoms with Crippen molar-refractivity contribution < 1.29 is 13.2 Å². The molecule has 0 atom stereocenters. The third-order valence-corrected chi connectivity index (χ3v) is 3.41. The van der Waals surface area contributed by atoms with E-state index in [1.54, 1.807) is 6.07 Å². The van der Waals surface area contributed by atoms with Gasteiger partial charge in [0.25, 0.3) is 0 Å². The van der Waals surface area contributed by atoms with Crippen molar-refractivity contribution in [3.05, 3.63) is 57.6 Å². The van der Waals surface area contributed by atoms with Gasteiger partial charge in [-0.15, -0.1) is 0 Å². The minimum atomic E-state index is -4.53. The number of nitrogens with zero attached hydrogens (tertiary/aromatic N) is 1. The van der Waals surface area contributed by atoms with E-state index in [-0.39, 0.29) is 0 Å². The van der Waals surface area contributed by atoms with Crippen LogP contribution in [-0.4, -0.2) is 0 Å². The normalized spacial score (nSPS) is 11.0. The largest absolute Gasteiger partial charge is 0.417 e. The quantitative estimate of drug-likeness (QED) is 0.784. The van der Waals surface area contributed by atoms with Gasteiger partial charge in [-0.1, -0.05) is 15.9 Å². The van der Waals surface area contributed by atoms with E-state index in [1.165, 1.54) is 12.1 Å². The van der Waals surface area contributed by atoms with Crippen molar-refractivity contribution in [3.63, 3.8) is 0 Å². The molecule has 0 radical (unpaired) electrons. The lowest BCUT2D eigenvalue weighted by molar-refractivity contribution is -0.137. The van der Waals surface area contributed by atoms with Gasteiger partial charge >= 0.3 is 6.18 Å². The molecule has 6 heteroatoms. The fourth-order valence-electron chi connectivity index (χ4n) is 1.88. The Hall–Kier alpha value is -2.00. The van der Waals surface area contributed by atoms with Crippen LogP contribution in [0.15, 0.2) is 40.9 Å². The summed E-state index contributed by atoms with van der Waals surface area (Å²) in [6, 6.07) is 10.5. The van der Waals surface area contributed by atoms with Crippen molar-refractivity contribution in [1.29, 1.82) is 5.26 Å². The molecule has 1 N–H and O–H groups in total. The maximum absolute atomic E-state index is 12.7. The monoisotopic (exact) mass is 354 g/mol. The van der Waals surface area contributed by atoms with Gasteiger partial charge in [0.05, 0.1) is 17.2 Å². The van der Waals surface area contributed by atoms with Gasteiger partial charge in [0, 0.05) is 15.8 Å². The highest BCUT2D eigenvalue weighted by atomic mass is 79.9. The molecular weight excluding hydrogens is 345 g/mol. The van der Waals surface area contributed by atoms with Gasteiger partial charge in [0.2, 0.25) is 0 Å². The van der Waals surface area contributed by atoms with Crippen molar-refractivity contribution in [2.24, 2.45) is 0 Å². The summed E-state index contributed by atoms with van der Waals surface area (Å²) in [5.41, 5.74) is 0.806. The Morgan fingerprint density at radius 3 is 2.43 bits per heavy atom. The molecule has 0 saturated carbocycles. The Labute approximate surface area is 128 Å². The Bertz CT molecular complexity index is 718. The standard InChI is InChI=1S/C15H10BrF3N2/c1-9-6-11(16)2-5-14(9)21-12-3-4-13(15(17,18)19)10(7-12)8-20/h2-7,21H,1H3. The van der Waals surface area contributed by atoms with Gasteiger partial charge in [0.1, 0.15) is 0 Å². The summed E-state index contributed by atoms with van der Waals surface area (Å²) in [6.07, 6.45) is -4.53. The minimum Gasteiger partial charge on any atom is -0.355 e. The van der Waals surface area contributed by atoms with Crippen LogP contribution in [0, 0.1) is 18.3 Å². The van der Waals surface area contributed by atoms with Crippen LogP contribution >= 0.6 is 15.9 Å². The zero-order chi connectivity index (χ0) is 15.6. The number of anilines is 2. The van der Waals surface area contributed by atoms with Crippen molar-refractivity contribution in [1.82, 2.24) is 0 Å². The predicted octanol–water partition coefficient (Wildman–Crippen LogP) is 5.39. The van der Waals surface area contributed by atoms with Crippen LogP contribution in [0.3, 0.4) is 0 Å². The maximum atomic E-state index is 12.7. The number of alkyl halides is 3. The molecule has 0 heterocycles. The number of benzene rings is 2. The Morgan fingerprint density at radius 2 is 1.86 bits per heavy atom. The first-order chi connectivity index (χ1) is 9.81. The minimum absolute atomic E-state index is 0.401. The van der Waals surface area contributed by atoms with Gasteiger partial charge in [-0.25, -0.2) is 0 Å². The summed E-state index contributed by atoms with van der Waals surface area (Å²) < 4.78 is 39.1. The molecule has 0 spiro atoms. The summed E-state index contributed by atoms with van der Waals surface area (Å²) >= 11 is 3.34. The van der Waals surface area contributed by atoms with Gasteiger partial charge < -0.3 is 5.32 Å². The number of nitriles is 1. The number of halogens is 4. The summed E-state index contributed by atoms with van der Waals surface area (Å²) in [6.45, 7) is 1.88. The SMILES string of the molecule is Cc1cc(Br)ccc1Nc1ccc(C(F)(F)F)c(C#N)c1. The summed E-state index contributed by atoms with van der Waals surface area (Å²) in [7, 11) is 0. The first-order valence-corrected chi connectivity index (χ1v) is 6.75. The number of hydrogen-bond donors (Lipinski definition) is 1. The van der Waals surface area contributed by atoms with E-state index < -0.39 is 17.3 Å². The van der Waals surface area contributed by atoms with Crippen LogP contribution in [0.2, 0.25) is 0 Å². The second kappa shape index (κ2) is 5.78. The smallest absolute Gasteiger partial charge is 0.355 e. The van der Waals surface area contributed by atoms with E-state index in [0.29, 0.717) is 5.69 Å². The van der Waals surface area contributed by atoms with E-state index in [9.17, 15) is 13.2 Å². The summed E-state index contributed by atoms with van der Waals surface area (Å²) in [5.74, 6) is 0. The fraction of sp³-hybridized carbons (Fsp3) is 0.133. The van der Waals surface area contributed by atoms with E-state index >= 15 is 0 Å². The summed E-state index contributed by atoms with van der Waals surface area (Å²) in [5, 5.41) is 11.9. The fourth-order valence-corrected chi connectivity index (χ4v) is 2.36. The van der Waals surface area contributed by atoms with Crippen LogP contribution in [0.5, 0.6) is 0 Å². The second-order valence-corrected chi connectivity index (χ2v) is 5.37. The van der Waals surface area contributed by atoms with Crippen LogP contribution in [0.25, 0.3) is 0 Å². The molecule has 0 amide bonds. The van der Waals surface area contributed by atoms with E-state index in [4.69, 9.17) is 5.26 Å². The third-order valence-electron chi connectivity index (χ3n) is 2.91. The average Bonchev–Trinajstić information content (AvgIpc) is 2.40. The van der Waals surface area contributed by atoms with Crippen molar-refractivity contribution in [2.75, 3.05) is 5.32 Å². The molecule has 2 nitrogen and oxygen atoms in total. The molecular formula is C15H10BrF3N2. The number of nitrogens with one attached hydrogen (secondary N) is 1. The number of aryl methyl sites for hydroxylation is 1. The molecule has 2 rings (SSSR count). The molecule has 0 bridgehead atoms. The van der Waals surface area contributed by atoms with Crippen LogP contribution in [-0.2, 0) is 6.18 Å². The molecule has 0 aliphatic carbocycles. The summed E-state index contributed by atoms with van der Waals surface area (Å²) in [4.78, 5) is 0. The lowest BCUT2D eigenvalue weighted by Gasteiger charge is -2.13. The highest BCUT2D eigenvalue weighted by Crippen LogP contribution is 2.34. The molecule has 0 aliphatic rings. The van der Waals surface area contributed by atoms with E-state index in [1.807, 2.05) is 25.1 Å². The molecule has 0 aliphatic heterocycles. The van der Waals surface area contributed by atoms with Crippen LogP contribution < -0.4 is 5.32 Å². The zero-order valence-corrected chi connectivity index (χ0v) is 12.5.